The molecule has 15 heteroatoms. The highest BCUT2D eigenvalue weighted by Crippen LogP contribution is 2.40. The Morgan fingerprint density at radius 2 is 1.78 bits per heavy atom. The van der Waals surface area contributed by atoms with Crippen molar-refractivity contribution in [2.45, 2.75) is 20.1 Å². The predicted octanol–water partition coefficient (Wildman–Crippen LogP) is 3.95. The van der Waals surface area contributed by atoms with Crippen LogP contribution < -0.4 is 14.8 Å². The molecule has 1 fully saturated rings. The van der Waals surface area contributed by atoms with Crippen molar-refractivity contribution in [3.63, 3.8) is 0 Å². The molecule has 15 nitrogen and oxygen atoms in total. The molecule has 0 spiro atoms. The lowest BCUT2D eigenvalue weighted by atomic mass is 10.1. The van der Waals surface area contributed by atoms with Crippen LogP contribution in [0.15, 0.2) is 58.6 Å². The number of urea groups is 1. The van der Waals surface area contributed by atoms with Crippen LogP contribution in [-0.4, -0.2) is 46.4 Å². The molecular formula is C26H22N4O11. The summed E-state index contributed by atoms with van der Waals surface area (Å²) in [7, 11) is 1.18. The van der Waals surface area contributed by atoms with E-state index in [1.165, 1.54) is 55.7 Å². The molecule has 1 aromatic heterocycles. The summed E-state index contributed by atoms with van der Waals surface area (Å²) in [4.78, 5) is 59.4. The fourth-order valence-corrected chi connectivity index (χ4v) is 3.82. The van der Waals surface area contributed by atoms with Gasteiger partial charge in [0.15, 0.2) is 5.75 Å². The minimum Gasteiger partial charge on any atom is -0.490 e. The van der Waals surface area contributed by atoms with Crippen LogP contribution in [0.25, 0.3) is 6.08 Å². The predicted molar refractivity (Wildman–Crippen MR) is 139 cm³/mol. The Morgan fingerprint density at radius 3 is 2.41 bits per heavy atom. The first-order chi connectivity index (χ1) is 19.6. The molecule has 41 heavy (non-hydrogen) atoms. The van der Waals surface area contributed by atoms with E-state index >= 15 is 0 Å². The summed E-state index contributed by atoms with van der Waals surface area (Å²) < 4.78 is 21.1. The molecule has 1 aliphatic heterocycles. The number of nitro benzene ring substituents is 2. The summed E-state index contributed by atoms with van der Waals surface area (Å²) >= 11 is 0. The third-order valence-electron chi connectivity index (χ3n) is 5.72. The number of nitro groups is 2. The van der Waals surface area contributed by atoms with Gasteiger partial charge in [-0.25, -0.2) is 9.59 Å². The van der Waals surface area contributed by atoms with E-state index in [2.05, 4.69) is 10.1 Å². The first-order valence-corrected chi connectivity index (χ1v) is 11.9. The molecule has 0 aliphatic carbocycles. The molecule has 3 amide bonds. The molecule has 1 aliphatic rings. The van der Waals surface area contributed by atoms with Crippen LogP contribution in [0.1, 0.15) is 34.4 Å². The number of hydrogen-bond acceptors (Lipinski definition) is 11. The average Bonchev–Trinajstić information content (AvgIpc) is 3.52. The number of nitrogens with one attached hydrogen (secondary N) is 1. The smallest absolute Gasteiger partial charge is 0.373 e. The molecule has 212 valence electrons. The number of nitrogens with zero attached hydrogens (tertiary/aromatic N) is 3. The van der Waals surface area contributed by atoms with Gasteiger partial charge in [-0.05, 0) is 54.5 Å². The van der Waals surface area contributed by atoms with Crippen LogP contribution in [0.2, 0.25) is 0 Å². The fraction of sp³-hybridized carbons (Fsp3) is 0.192. The first-order valence-electron chi connectivity index (χ1n) is 11.9. The zero-order valence-corrected chi connectivity index (χ0v) is 21.6. The molecule has 2 heterocycles. The molecule has 2 aromatic carbocycles. The molecule has 0 saturated carbocycles. The Balaban J connectivity index is 1.58. The van der Waals surface area contributed by atoms with E-state index in [9.17, 15) is 34.6 Å². The van der Waals surface area contributed by atoms with Gasteiger partial charge in [0.25, 0.3) is 11.6 Å². The SMILES string of the molecule is CCOc1cc(/C=C2\NC(=O)N(Cc3ccc(C(=O)OC)o3)C2=O)cc([N+](=O)[O-])c1OCc1ccc([N+](=O)[O-])cc1. The largest absolute Gasteiger partial charge is 0.490 e. The molecule has 3 aromatic rings. The first kappa shape index (κ1) is 28.3. The van der Waals surface area contributed by atoms with Gasteiger partial charge in [0.1, 0.15) is 18.1 Å². The van der Waals surface area contributed by atoms with Gasteiger partial charge >= 0.3 is 17.7 Å². The lowest BCUT2D eigenvalue weighted by molar-refractivity contribution is -0.386. The number of rotatable bonds is 11. The highest BCUT2D eigenvalue weighted by Gasteiger charge is 2.35. The zero-order chi connectivity index (χ0) is 29.7. The molecule has 4 rings (SSSR count). The van der Waals surface area contributed by atoms with E-state index in [1.807, 2.05) is 0 Å². The lowest BCUT2D eigenvalue weighted by Crippen LogP contribution is -2.30. The molecular weight excluding hydrogens is 544 g/mol. The summed E-state index contributed by atoms with van der Waals surface area (Å²) in [5.41, 5.74) is -0.0582. The van der Waals surface area contributed by atoms with Crippen LogP contribution in [0, 0.1) is 20.2 Å². The quantitative estimate of drug-likeness (QED) is 0.116. The lowest BCUT2D eigenvalue weighted by Gasteiger charge is -2.13. The highest BCUT2D eigenvalue weighted by atomic mass is 16.6. The van der Waals surface area contributed by atoms with E-state index in [-0.39, 0.29) is 59.7 Å². The molecule has 0 radical (unpaired) electrons. The Morgan fingerprint density at radius 1 is 1.05 bits per heavy atom. The molecule has 0 bridgehead atoms. The number of furan rings is 1. The van der Waals surface area contributed by atoms with E-state index < -0.39 is 33.4 Å². The van der Waals surface area contributed by atoms with Crippen molar-refractivity contribution in [1.82, 2.24) is 10.2 Å². The van der Waals surface area contributed by atoms with Crippen LogP contribution in [-0.2, 0) is 22.7 Å². The highest BCUT2D eigenvalue weighted by molar-refractivity contribution is 6.13. The Kier molecular flexibility index (Phi) is 8.26. The number of hydrogen-bond donors (Lipinski definition) is 1. The minimum absolute atomic E-state index is 0.00927. The van der Waals surface area contributed by atoms with Gasteiger partial charge in [-0.3, -0.25) is 29.9 Å². The number of amides is 3. The Bertz CT molecular complexity index is 1560. The van der Waals surface area contributed by atoms with Gasteiger partial charge in [-0.1, -0.05) is 0 Å². The number of carbonyl (C=O) groups excluding carboxylic acids is 3. The van der Waals surface area contributed by atoms with Crippen LogP contribution in [0.4, 0.5) is 16.2 Å². The van der Waals surface area contributed by atoms with E-state index in [1.54, 1.807) is 6.92 Å². The summed E-state index contributed by atoms with van der Waals surface area (Å²) in [6, 6.07) is 10.0. The maximum absolute atomic E-state index is 13.0. The molecule has 1 saturated heterocycles. The van der Waals surface area contributed by atoms with Crippen molar-refractivity contribution in [2.75, 3.05) is 13.7 Å². The van der Waals surface area contributed by atoms with Gasteiger partial charge < -0.3 is 23.9 Å². The molecule has 0 unspecified atom stereocenters. The average molecular weight is 566 g/mol. The number of imide groups is 1. The van der Waals surface area contributed by atoms with Gasteiger partial charge in [0.05, 0.1) is 30.1 Å². The number of methoxy groups -OCH3 is 1. The minimum atomic E-state index is -0.764. The van der Waals surface area contributed by atoms with Crippen molar-refractivity contribution in [2.24, 2.45) is 0 Å². The summed E-state index contributed by atoms with van der Waals surface area (Å²) in [6.45, 7) is 1.37. The van der Waals surface area contributed by atoms with Crippen molar-refractivity contribution < 1.29 is 42.9 Å². The molecule has 0 atom stereocenters. The fourth-order valence-electron chi connectivity index (χ4n) is 3.82. The topological polar surface area (TPSA) is 194 Å². The van der Waals surface area contributed by atoms with E-state index in [0.29, 0.717) is 5.56 Å². The standard InChI is InChI=1S/C26H22N4O11/c1-3-39-22-12-16(11-20(30(36)37)23(22)40-14-15-4-6-17(7-5-15)29(34)35)10-19-24(31)28(26(33)27-19)13-18-8-9-21(41-18)25(32)38-2/h4-12H,3,13-14H2,1-2H3,(H,27,33)/b19-10-. The summed E-state index contributed by atoms with van der Waals surface area (Å²) in [5.74, 6) is -1.57. The van der Waals surface area contributed by atoms with Crippen LogP contribution in [0.5, 0.6) is 11.5 Å². The van der Waals surface area contributed by atoms with Gasteiger partial charge in [0, 0.05) is 18.2 Å². The summed E-state index contributed by atoms with van der Waals surface area (Å²) in [6.07, 6.45) is 1.25. The van der Waals surface area contributed by atoms with Crippen molar-refractivity contribution in [1.29, 1.82) is 0 Å². The second-order valence-electron chi connectivity index (χ2n) is 8.41. The van der Waals surface area contributed by atoms with Crippen LogP contribution >= 0.6 is 0 Å². The van der Waals surface area contributed by atoms with Crippen molar-refractivity contribution in [3.05, 3.63) is 97.1 Å². The second-order valence-corrected chi connectivity index (χ2v) is 8.41. The monoisotopic (exact) mass is 566 g/mol. The van der Waals surface area contributed by atoms with E-state index in [0.717, 1.165) is 11.0 Å². The normalized spacial score (nSPS) is 13.7. The second kappa shape index (κ2) is 12.0. The third kappa shape index (κ3) is 6.30. The van der Waals surface area contributed by atoms with Gasteiger partial charge in [-0.2, -0.15) is 0 Å². The number of carbonyl (C=O) groups is 3. The van der Waals surface area contributed by atoms with Gasteiger partial charge in [-0.15, -0.1) is 0 Å². The number of esters is 1. The summed E-state index contributed by atoms with van der Waals surface area (Å²) in [5, 5.41) is 25.2. The maximum Gasteiger partial charge on any atom is 0.373 e. The van der Waals surface area contributed by atoms with Crippen molar-refractivity contribution >= 4 is 35.4 Å². The third-order valence-corrected chi connectivity index (χ3v) is 5.72. The van der Waals surface area contributed by atoms with E-state index in [4.69, 9.17) is 13.9 Å². The van der Waals surface area contributed by atoms with Crippen molar-refractivity contribution in [3.8, 4) is 11.5 Å². The number of ether oxygens (including phenoxy) is 3. The zero-order valence-electron chi connectivity index (χ0n) is 21.6. The maximum atomic E-state index is 13.0. The van der Waals surface area contributed by atoms with Gasteiger partial charge in [0.2, 0.25) is 11.5 Å². The Hall–Kier alpha value is -5.73. The number of non-ortho nitro benzene ring substituents is 1. The molecule has 1 N–H and O–H groups in total. The Labute approximate surface area is 231 Å². The number of benzene rings is 2. The van der Waals surface area contributed by atoms with Crippen LogP contribution in [0.3, 0.4) is 0 Å².